The first-order chi connectivity index (χ1) is 17.8. The highest BCUT2D eigenvalue weighted by Crippen LogP contribution is 2.22. The van der Waals surface area contributed by atoms with Crippen molar-refractivity contribution in [2.75, 3.05) is 37.0 Å². The summed E-state index contributed by atoms with van der Waals surface area (Å²) in [5, 5.41) is 17.5. The Morgan fingerprint density at radius 3 is 1.28 bits per heavy atom. The Morgan fingerprint density at radius 2 is 0.974 bits per heavy atom. The molecular weight excluding hydrogens is 624 g/mol. The first kappa shape index (κ1) is 31.8. The van der Waals surface area contributed by atoms with Crippen LogP contribution in [0.3, 0.4) is 0 Å². The van der Waals surface area contributed by atoms with E-state index < -0.39 is 0 Å². The highest BCUT2D eigenvalue weighted by molar-refractivity contribution is 5.53. The summed E-state index contributed by atoms with van der Waals surface area (Å²) in [4.78, 5) is 4.53. The van der Waals surface area contributed by atoms with Crippen LogP contribution >= 0.6 is 0 Å². The molecule has 0 aliphatic carbocycles. The molecule has 12 heteroatoms. The predicted octanol–water partition coefficient (Wildman–Crippen LogP) is -1.19. The lowest BCUT2D eigenvalue weighted by Gasteiger charge is -2.23. The third kappa shape index (κ3) is 8.30. The molecule has 2 aromatic heterocycles. The van der Waals surface area contributed by atoms with E-state index in [0.717, 1.165) is 54.2 Å². The van der Waals surface area contributed by atoms with Gasteiger partial charge in [-0.1, -0.05) is 10.2 Å². The van der Waals surface area contributed by atoms with Crippen LogP contribution in [0.25, 0.3) is 0 Å². The van der Waals surface area contributed by atoms with Crippen LogP contribution in [0.2, 0.25) is 0 Å². The molecule has 0 atom stereocenters. The summed E-state index contributed by atoms with van der Waals surface area (Å²) in [5.41, 5.74) is 3.98. The zero-order valence-corrected chi connectivity index (χ0v) is 26.4. The van der Waals surface area contributed by atoms with Gasteiger partial charge >= 0.3 is 11.9 Å². The summed E-state index contributed by atoms with van der Waals surface area (Å²) in [6, 6.07) is 16.4. The maximum Gasteiger partial charge on any atom is 0.421 e. The SMILES string of the molecule is CN(CCCN(C)c1ccc(N=Nc2n(C)cc[n+]2C)cc1)c1ccc(N=Nc2n(C)cc[n+]2C)cc1.[Br-].[Br-]. The molecule has 2 heterocycles. The van der Waals surface area contributed by atoms with Gasteiger partial charge in [-0.05, 0) is 55.0 Å². The second-order valence-corrected chi connectivity index (χ2v) is 9.27. The average Bonchev–Trinajstić information content (AvgIpc) is 3.40. The van der Waals surface area contributed by atoms with Gasteiger partial charge in [0, 0.05) is 48.8 Å². The molecule has 0 unspecified atom stereocenters. The molecule has 0 aliphatic rings. The lowest BCUT2D eigenvalue weighted by Crippen LogP contribution is -3.00. The quantitative estimate of drug-likeness (QED) is 0.159. The Hall–Kier alpha value is -3.38. The van der Waals surface area contributed by atoms with Crippen LogP contribution in [0.1, 0.15) is 6.42 Å². The zero-order valence-electron chi connectivity index (χ0n) is 23.3. The van der Waals surface area contributed by atoms with Crippen molar-refractivity contribution in [2.45, 2.75) is 6.42 Å². The summed E-state index contributed by atoms with van der Waals surface area (Å²) in [5.74, 6) is 1.59. The lowest BCUT2D eigenvalue weighted by atomic mass is 10.2. The van der Waals surface area contributed by atoms with Gasteiger partial charge in [0.1, 0.15) is 11.4 Å². The van der Waals surface area contributed by atoms with E-state index in [2.05, 4.69) is 68.6 Å². The Bertz CT molecular complexity index is 1230. The molecule has 0 N–H and O–H groups in total. The third-order valence-electron chi connectivity index (χ3n) is 6.37. The number of azo groups is 2. The molecule has 0 fully saturated rings. The molecule has 4 aromatic rings. The fourth-order valence-corrected chi connectivity index (χ4v) is 4.00. The van der Waals surface area contributed by atoms with E-state index in [0.29, 0.717) is 0 Å². The van der Waals surface area contributed by atoms with Gasteiger partial charge in [-0.3, -0.25) is 0 Å². The molecular formula is C27H36Br2N10. The van der Waals surface area contributed by atoms with Crippen LogP contribution < -0.4 is 52.9 Å². The highest BCUT2D eigenvalue weighted by atomic mass is 79.9. The molecule has 2 aromatic carbocycles. The van der Waals surface area contributed by atoms with Crippen molar-refractivity contribution >= 4 is 34.6 Å². The topological polar surface area (TPSA) is 73.5 Å². The van der Waals surface area contributed by atoms with E-state index in [1.54, 1.807) is 0 Å². The molecule has 0 saturated heterocycles. The van der Waals surface area contributed by atoms with E-state index in [1.807, 2.05) is 95.5 Å². The van der Waals surface area contributed by atoms with Crippen LogP contribution in [0, 0.1) is 0 Å². The number of nitrogens with zero attached hydrogens (tertiary/aromatic N) is 10. The number of hydrogen-bond donors (Lipinski definition) is 0. The van der Waals surface area contributed by atoms with Crippen molar-refractivity contribution in [2.24, 2.45) is 48.6 Å². The van der Waals surface area contributed by atoms with E-state index in [1.165, 1.54) is 0 Å². The second-order valence-electron chi connectivity index (χ2n) is 9.27. The number of aryl methyl sites for hydroxylation is 4. The van der Waals surface area contributed by atoms with Gasteiger partial charge < -0.3 is 43.8 Å². The fourth-order valence-electron chi connectivity index (χ4n) is 4.00. The molecule has 39 heavy (non-hydrogen) atoms. The number of anilines is 2. The number of imidazole rings is 2. The highest BCUT2D eigenvalue weighted by Gasteiger charge is 2.12. The molecule has 0 amide bonds. The molecule has 0 radical (unpaired) electrons. The smallest absolute Gasteiger partial charge is 0.421 e. The molecule has 10 nitrogen and oxygen atoms in total. The van der Waals surface area contributed by atoms with Gasteiger partial charge in [-0.2, -0.15) is 0 Å². The number of benzene rings is 2. The minimum atomic E-state index is 0. The lowest BCUT2D eigenvalue weighted by molar-refractivity contribution is -0.657. The monoisotopic (exact) mass is 658 g/mol. The van der Waals surface area contributed by atoms with Crippen LogP contribution in [-0.4, -0.2) is 36.3 Å². The number of rotatable bonds is 10. The summed E-state index contributed by atoms with van der Waals surface area (Å²) in [6.07, 6.45) is 8.86. The Labute approximate surface area is 251 Å². The van der Waals surface area contributed by atoms with Crippen molar-refractivity contribution < 1.29 is 43.1 Å². The van der Waals surface area contributed by atoms with Crippen LogP contribution in [0.5, 0.6) is 0 Å². The standard InChI is InChI=1S/C27H36N10.2BrH/c1-32(24-12-8-22(9-13-24)28-30-26-34(3)18-19-35(26)4)16-7-17-33(2)25-14-10-23(11-15-25)29-31-27-36(5)20-21-37(27)6;;/h8-15,18-21H,7,16-17H2,1-6H3;2*1H/q+2;;/p-2. The van der Waals surface area contributed by atoms with E-state index in [4.69, 9.17) is 0 Å². The minimum absolute atomic E-state index is 0. The van der Waals surface area contributed by atoms with Gasteiger partial charge in [0.2, 0.25) is 0 Å². The first-order valence-electron chi connectivity index (χ1n) is 12.3. The molecule has 4 rings (SSSR count). The number of hydrogen-bond acceptors (Lipinski definition) is 6. The van der Waals surface area contributed by atoms with Gasteiger partial charge in [0.05, 0.1) is 53.0 Å². The summed E-state index contributed by atoms with van der Waals surface area (Å²) < 4.78 is 7.75. The van der Waals surface area contributed by atoms with Gasteiger partial charge in [0.15, 0.2) is 0 Å². The average molecular weight is 660 g/mol. The summed E-state index contributed by atoms with van der Waals surface area (Å²) >= 11 is 0. The maximum atomic E-state index is 4.37. The van der Waals surface area contributed by atoms with Crippen LogP contribution in [0.4, 0.5) is 34.6 Å². The van der Waals surface area contributed by atoms with Crippen molar-refractivity contribution in [1.29, 1.82) is 0 Å². The van der Waals surface area contributed by atoms with Crippen LogP contribution in [0.15, 0.2) is 93.8 Å². The second kappa shape index (κ2) is 14.7. The van der Waals surface area contributed by atoms with Crippen LogP contribution in [-0.2, 0) is 28.2 Å². The van der Waals surface area contributed by atoms with E-state index in [9.17, 15) is 0 Å². The van der Waals surface area contributed by atoms with Crippen molar-refractivity contribution in [1.82, 2.24) is 9.13 Å². The molecule has 0 saturated carbocycles. The number of halogens is 2. The Morgan fingerprint density at radius 1 is 0.615 bits per heavy atom. The van der Waals surface area contributed by atoms with Crippen molar-refractivity contribution in [3.05, 3.63) is 73.3 Å². The Kier molecular flexibility index (Phi) is 12.0. The normalized spacial score (nSPS) is 11.0. The van der Waals surface area contributed by atoms with Gasteiger partial charge in [0.25, 0.3) is 0 Å². The largest absolute Gasteiger partial charge is 1.00 e. The molecule has 208 valence electrons. The molecule has 0 bridgehead atoms. The summed E-state index contributed by atoms with van der Waals surface area (Å²) in [7, 11) is 12.1. The van der Waals surface area contributed by atoms with E-state index >= 15 is 0 Å². The van der Waals surface area contributed by atoms with E-state index in [-0.39, 0.29) is 34.0 Å². The predicted molar refractivity (Wildman–Crippen MR) is 146 cm³/mol. The van der Waals surface area contributed by atoms with Gasteiger partial charge in [-0.25, -0.2) is 18.3 Å². The maximum absolute atomic E-state index is 4.37. The molecule has 0 aliphatic heterocycles. The van der Waals surface area contributed by atoms with Crippen molar-refractivity contribution in [3.63, 3.8) is 0 Å². The first-order valence-corrected chi connectivity index (χ1v) is 12.3. The Balaban J connectivity index is 0.00000267. The van der Waals surface area contributed by atoms with Gasteiger partial charge in [-0.15, -0.1) is 0 Å². The van der Waals surface area contributed by atoms with Crippen molar-refractivity contribution in [3.8, 4) is 0 Å². The number of aromatic nitrogens is 4. The minimum Gasteiger partial charge on any atom is -1.00 e. The summed E-state index contributed by atoms with van der Waals surface area (Å²) in [6.45, 7) is 1.90. The molecule has 0 spiro atoms. The zero-order chi connectivity index (χ0) is 26.4. The third-order valence-corrected chi connectivity index (χ3v) is 6.37. The fraction of sp³-hybridized carbons (Fsp3) is 0.333.